The van der Waals surface area contributed by atoms with E-state index in [0.717, 1.165) is 6.92 Å². The Labute approximate surface area is 120 Å². The fourth-order valence-electron chi connectivity index (χ4n) is 1.34. The van der Waals surface area contributed by atoms with Crippen LogP contribution in [0.15, 0.2) is 0 Å². The number of halogens is 5. The molecule has 0 aliphatic heterocycles. The summed E-state index contributed by atoms with van der Waals surface area (Å²) in [5.41, 5.74) is 0. The van der Waals surface area contributed by atoms with E-state index in [1.807, 2.05) is 0 Å². The third kappa shape index (κ3) is 3.72. The van der Waals surface area contributed by atoms with Crippen LogP contribution in [0.25, 0.3) is 0 Å². The molecule has 116 valence electrons. The molecule has 0 saturated carbocycles. The Balaban J connectivity index is 3.13. The molecule has 21 heavy (non-hydrogen) atoms. The van der Waals surface area contributed by atoms with Crippen molar-refractivity contribution in [1.29, 1.82) is 0 Å². The minimum absolute atomic E-state index is 0.0679. The Morgan fingerprint density at radius 2 is 1.43 bits per heavy atom. The minimum Gasteiger partial charge on any atom is -0.419 e. The van der Waals surface area contributed by atoms with Gasteiger partial charge in [0, 0.05) is 6.92 Å². The van der Waals surface area contributed by atoms with Crippen molar-refractivity contribution < 1.29 is 36.3 Å². The van der Waals surface area contributed by atoms with Crippen molar-refractivity contribution in [1.82, 2.24) is 0 Å². The molecule has 0 bridgehead atoms. The van der Waals surface area contributed by atoms with Gasteiger partial charge in [-0.05, 0) is 6.42 Å². The van der Waals surface area contributed by atoms with Gasteiger partial charge in [0.05, 0.1) is 0 Å². The number of hydrogen-bond donors (Lipinski definition) is 0. The third-order valence-electron chi connectivity index (χ3n) is 2.31. The van der Waals surface area contributed by atoms with Gasteiger partial charge in [0.2, 0.25) is 34.8 Å². The van der Waals surface area contributed by atoms with Crippen molar-refractivity contribution in [2.45, 2.75) is 25.5 Å². The maximum Gasteiger partial charge on any atom is 0.325 e. The highest BCUT2D eigenvalue weighted by molar-refractivity contribution is 8.14. The minimum atomic E-state index is -2.35. The Kier molecular flexibility index (Phi) is 5.70. The van der Waals surface area contributed by atoms with Crippen LogP contribution in [0.3, 0.4) is 0 Å². The average Bonchev–Trinajstić information content (AvgIpc) is 2.44. The van der Waals surface area contributed by atoms with Crippen LogP contribution in [0.5, 0.6) is 5.75 Å². The molecule has 0 saturated heterocycles. The van der Waals surface area contributed by atoms with Crippen molar-refractivity contribution in [3.8, 4) is 5.75 Å². The first kappa shape index (κ1) is 17.4. The van der Waals surface area contributed by atoms with Crippen LogP contribution in [-0.4, -0.2) is 16.3 Å². The number of carbonyl (C=O) groups excluding carboxylic acids is 2. The topological polar surface area (TPSA) is 43.4 Å². The zero-order valence-corrected chi connectivity index (χ0v) is 11.6. The monoisotopic (exact) mass is 328 g/mol. The van der Waals surface area contributed by atoms with Gasteiger partial charge >= 0.3 is 5.97 Å². The van der Waals surface area contributed by atoms with Gasteiger partial charge in [0.25, 0.3) is 0 Å². The van der Waals surface area contributed by atoms with Gasteiger partial charge in [-0.1, -0.05) is 18.7 Å². The number of ether oxygens (including phenoxy) is 1. The van der Waals surface area contributed by atoms with Crippen LogP contribution in [0.2, 0.25) is 0 Å². The number of thioether (sulfide) groups is 1. The molecule has 1 atom stereocenters. The molecule has 9 heteroatoms. The van der Waals surface area contributed by atoms with E-state index in [1.165, 1.54) is 6.92 Å². The Hall–Kier alpha value is -1.64. The van der Waals surface area contributed by atoms with E-state index < -0.39 is 51.2 Å². The van der Waals surface area contributed by atoms with Gasteiger partial charge in [-0.15, -0.1) is 0 Å². The third-order valence-corrected chi connectivity index (χ3v) is 3.46. The Morgan fingerprint density at radius 3 is 1.81 bits per heavy atom. The van der Waals surface area contributed by atoms with E-state index in [4.69, 9.17) is 0 Å². The summed E-state index contributed by atoms with van der Waals surface area (Å²) >= 11 is 0.530. The van der Waals surface area contributed by atoms with E-state index in [-0.39, 0.29) is 6.42 Å². The molecular weight excluding hydrogens is 319 g/mol. The second-order valence-corrected chi connectivity index (χ2v) is 5.21. The van der Waals surface area contributed by atoms with Crippen molar-refractivity contribution >= 4 is 22.8 Å². The highest BCUT2D eigenvalue weighted by atomic mass is 32.2. The second kappa shape index (κ2) is 6.88. The SMILES string of the molecule is CCC(SC(C)=O)C(=O)Oc1c(F)c(F)c(F)c(F)c1F. The summed E-state index contributed by atoms with van der Waals surface area (Å²) in [7, 11) is 0. The fraction of sp³-hybridized carbons (Fsp3) is 0.333. The van der Waals surface area contributed by atoms with Gasteiger partial charge in [0.1, 0.15) is 5.25 Å². The van der Waals surface area contributed by atoms with Crippen LogP contribution in [-0.2, 0) is 9.59 Å². The molecule has 0 aromatic heterocycles. The van der Waals surface area contributed by atoms with Crippen LogP contribution >= 0.6 is 11.8 Å². The molecule has 1 aromatic rings. The van der Waals surface area contributed by atoms with Gasteiger partial charge in [0.15, 0.2) is 5.12 Å². The standard InChI is InChI=1S/C12H9F5O3S/c1-3-5(21-4(2)18)12(19)20-11-9(16)7(14)6(13)8(15)10(11)17/h5H,3H2,1-2H3. The average molecular weight is 328 g/mol. The molecule has 0 N–H and O–H groups in total. The van der Waals surface area contributed by atoms with E-state index in [1.54, 1.807) is 0 Å². The largest absolute Gasteiger partial charge is 0.419 e. The normalized spacial score (nSPS) is 12.1. The number of esters is 1. The molecule has 1 aromatic carbocycles. The quantitative estimate of drug-likeness (QED) is 0.279. The molecule has 3 nitrogen and oxygen atoms in total. The zero-order chi connectivity index (χ0) is 16.3. The van der Waals surface area contributed by atoms with Crippen molar-refractivity contribution in [3.63, 3.8) is 0 Å². The lowest BCUT2D eigenvalue weighted by molar-refractivity contribution is -0.134. The van der Waals surface area contributed by atoms with Crippen LogP contribution in [0.4, 0.5) is 22.0 Å². The lowest BCUT2D eigenvalue weighted by Gasteiger charge is -2.13. The Bertz CT molecular complexity index is 562. The predicted molar refractivity (Wildman–Crippen MR) is 64.2 cm³/mol. The molecule has 0 aliphatic carbocycles. The molecule has 0 amide bonds. The molecular formula is C12H9F5O3S. The maximum absolute atomic E-state index is 13.3. The molecule has 0 fully saturated rings. The molecule has 0 spiro atoms. The molecule has 0 heterocycles. The van der Waals surface area contributed by atoms with E-state index in [0.29, 0.717) is 11.8 Å². The highest BCUT2D eigenvalue weighted by Gasteiger charge is 2.30. The predicted octanol–water partition coefficient (Wildman–Crippen LogP) is 3.35. The number of carbonyl (C=O) groups is 2. The summed E-state index contributed by atoms with van der Waals surface area (Å²) in [6, 6.07) is 0. The lowest BCUT2D eigenvalue weighted by Crippen LogP contribution is -2.25. The first-order valence-electron chi connectivity index (χ1n) is 5.61. The smallest absolute Gasteiger partial charge is 0.325 e. The molecule has 0 radical (unpaired) electrons. The summed E-state index contributed by atoms with van der Waals surface area (Å²) in [5, 5.41) is -1.58. The van der Waals surface area contributed by atoms with Crippen molar-refractivity contribution in [3.05, 3.63) is 29.1 Å². The van der Waals surface area contributed by atoms with Crippen molar-refractivity contribution in [2.75, 3.05) is 0 Å². The number of hydrogen-bond acceptors (Lipinski definition) is 4. The first-order valence-corrected chi connectivity index (χ1v) is 6.48. The lowest BCUT2D eigenvalue weighted by atomic mass is 10.2. The second-order valence-electron chi connectivity index (χ2n) is 3.83. The number of benzene rings is 1. The first-order chi connectivity index (χ1) is 9.70. The van der Waals surface area contributed by atoms with Crippen LogP contribution in [0.1, 0.15) is 20.3 Å². The van der Waals surface area contributed by atoms with Crippen LogP contribution < -0.4 is 4.74 Å². The summed E-state index contributed by atoms with van der Waals surface area (Å²) in [5.74, 6) is -14.2. The summed E-state index contributed by atoms with van der Waals surface area (Å²) in [6.07, 6.45) is 0.0679. The maximum atomic E-state index is 13.3. The van der Waals surface area contributed by atoms with Gasteiger partial charge in [-0.25, -0.2) is 13.2 Å². The van der Waals surface area contributed by atoms with Crippen molar-refractivity contribution in [2.24, 2.45) is 0 Å². The van der Waals surface area contributed by atoms with Gasteiger partial charge in [-0.3, -0.25) is 9.59 Å². The van der Waals surface area contributed by atoms with Gasteiger partial charge < -0.3 is 4.74 Å². The summed E-state index contributed by atoms with van der Waals surface area (Å²) in [6.45, 7) is 2.64. The van der Waals surface area contributed by atoms with E-state index in [9.17, 15) is 31.5 Å². The highest BCUT2D eigenvalue weighted by Crippen LogP contribution is 2.30. The van der Waals surface area contributed by atoms with Crippen LogP contribution in [0, 0.1) is 29.1 Å². The van der Waals surface area contributed by atoms with E-state index in [2.05, 4.69) is 4.74 Å². The Morgan fingerprint density at radius 1 is 1.00 bits per heavy atom. The summed E-state index contributed by atoms with van der Waals surface area (Å²) < 4.78 is 69.6. The summed E-state index contributed by atoms with van der Waals surface area (Å²) in [4.78, 5) is 22.5. The molecule has 1 unspecified atom stereocenters. The fourth-order valence-corrected chi connectivity index (χ4v) is 2.05. The number of rotatable bonds is 4. The molecule has 0 aliphatic rings. The zero-order valence-electron chi connectivity index (χ0n) is 10.8. The molecule has 1 rings (SSSR count). The van der Waals surface area contributed by atoms with Gasteiger partial charge in [-0.2, -0.15) is 8.78 Å². The van der Waals surface area contributed by atoms with E-state index >= 15 is 0 Å².